The highest BCUT2D eigenvalue weighted by Crippen LogP contribution is 2.32. The van der Waals surface area contributed by atoms with Crippen molar-refractivity contribution in [2.45, 2.75) is 55.6 Å². The molecule has 0 bridgehead atoms. The number of tetrazole rings is 1. The number of aromatic nitrogens is 4. The molecule has 0 N–H and O–H groups in total. The summed E-state index contributed by atoms with van der Waals surface area (Å²) in [6.45, 7) is 6.31. The first-order valence-corrected chi connectivity index (χ1v) is 11.1. The second-order valence-electron chi connectivity index (χ2n) is 7.69. The maximum Gasteiger partial charge on any atom is 0.235 e. The van der Waals surface area contributed by atoms with Crippen molar-refractivity contribution in [3.05, 3.63) is 35.9 Å². The van der Waals surface area contributed by atoms with Crippen molar-refractivity contribution < 1.29 is 4.79 Å². The first kappa shape index (κ1) is 19.4. The van der Waals surface area contributed by atoms with E-state index < -0.39 is 0 Å². The average molecular weight is 401 g/mol. The van der Waals surface area contributed by atoms with E-state index in [0.29, 0.717) is 6.04 Å². The molecule has 2 aliphatic rings. The van der Waals surface area contributed by atoms with Crippen LogP contribution in [-0.2, 0) is 11.3 Å². The van der Waals surface area contributed by atoms with Crippen LogP contribution in [0.25, 0.3) is 0 Å². The van der Waals surface area contributed by atoms with Gasteiger partial charge < -0.3 is 4.90 Å². The molecule has 1 unspecified atom stereocenters. The van der Waals surface area contributed by atoms with E-state index in [1.807, 2.05) is 22.6 Å². The van der Waals surface area contributed by atoms with Gasteiger partial charge in [-0.15, -0.1) is 5.10 Å². The van der Waals surface area contributed by atoms with Crippen LogP contribution in [0, 0.1) is 0 Å². The molecule has 8 heteroatoms. The highest BCUT2D eigenvalue weighted by Gasteiger charge is 2.28. The molecule has 0 radical (unpaired) electrons. The summed E-state index contributed by atoms with van der Waals surface area (Å²) in [7, 11) is 0. The standard InChI is InChI=1S/C20H28N6OS/c1-16(28-20-21-22-23-26(20)18-9-5-6-10-18)19(27)25-13-11-24(12-14-25)15-17-7-3-2-4-8-17/h2-4,7-8,16,18H,5-6,9-15H2,1H3. The van der Waals surface area contributed by atoms with Crippen LogP contribution in [0.4, 0.5) is 0 Å². The van der Waals surface area contributed by atoms with Crippen LogP contribution in [0.1, 0.15) is 44.2 Å². The van der Waals surface area contributed by atoms with E-state index in [0.717, 1.165) is 50.7 Å². The Hall–Kier alpha value is -1.93. The quantitative estimate of drug-likeness (QED) is 0.695. The molecule has 4 rings (SSSR count). The average Bonchev–Trinajstić information content (AvgIpc) is 3.40. The van der Waals surface area contributed by atoms with Crippen LogP contribution in [0.15, 0.2) is 35.5 Å². The first-order chi connectivity index (χ1) is 13.7. The monoisotopic (exact) mass is 400 g/mol. The normalized spacial score (nSPS) is 19.8. The molecule has 150 valence electrons. The van der Waals surface area contributed by atoms with Crippen LogP contribution in [0.2, 0.25) is 0 Å². The fraction of sp³-hybridized carbons (Fsp3) is 0.600. The van der Waals surface area contributed by atoms with Gasteiger partial charge in [0.2, 0.25) is 11.1 Å². The molecule has 1 aliphatic heterocycles. The minimum Gasteiger partial charge on any atom is -0.339 e. The van der Waals surface area contributed by atoms with Gasteiger partial charge in [-0.25, -0.2) is 4.68 Å². The number of carbonyl (C=O) groups excluding carboxylic acids is 1. The van der Waals surface area contributed by atoms with E-state index in [1.54, 1.807) is 0 Å². The summed E-state index contributed by atoms with van der Waals surface area (Å²) in [5.74, 6) is 0.185. The summed E-state index contributed by atoms with van der Waals surface area (Å²) < 4.78 is 1.93. The van der Waals surface area contributed by atoms with Crippen LogP contribution >= 0.6 is 11.8 Å². The van der Waals surface area contributed by atoms with Gasteiger partial charge in [-0.1, -0.05) is 54.9 Å². The molecule has 1 saturated carbocycles. The Morgan fingerprint density at radius 2 is 1.86 bits per heavy atom. The van der Waals surface area contributed by atoms with Crippen molar-refractivity contribution >= 4 is 17.7 Å². The fourth-order valence-electron chi connectivity index (χ4n) is 4.07. The maximum atomic E-state index is 12.9. The SMILES string of the molecule is CC(Sc1nnnn1C1CCCC1)C(=O)N1CCN(Cc2ccccc2)CC1. The molecule has 2 fully saturated rings. The Morgan fingerprint density at radius 1 is 1.14 bits per heavy atom. The van der Waals surface area contributed by atoms with Gasteiger partial charge >= 0.3 is 0 Å². The molecule has 2 heterocycles. The van der Waals surface area contributed by atoms with E-state index in [4.69, 9.17) is 0 Å². The van der Waals surface area contributed by atoms with Gasteiger partial charge in [-0.2, -0.15) is 0 Å². The Labute approximate surface area is 170 Å². The van der Waals surface area contributed by atoms with E-state index in [-0.39, 0.29) is 11.2 Å². The smallest absolute Gasteiger partial charge is 0.235 e. The van der Waals surface area contributed by atoms with Gasteiger partial charge in [0.1, 0.15) is 0 Å². The van der Waals surface area contributed by atoms with Crippen molar-refractivity contribution in [1.82, 2.24) is 30.0 Å². The number of amides is 1. The zero-order valence-electron chi connectivity index (χ0n) is 16.4. The van der Waals surface area contributed by atoms with Gasteiger partial charge in [-0.05, 0) is 35.8 Å². The third-order valence-electron chi connectivity index (χ3n) is 5.70. The summed E-state index contributed by atoms with van der Waals surface area (Å²) in [5.41, 5.74) is 1.32. The number of nitrogens with zero attached hydrogens (tertiary/aromatic N) is 6. The van der Waals surface area contributed by atoms with E-state index in [9.17, 15) is 4.79 Å². The highest BCUT2D eigenvalue weighted by molar-refractivity contribution is 8.00. The Kier molecular flexibility index (Phi) is 6.26. The second kappa shape index (κ2) is 9.05. The van der Waals surface area contributed by atoms with Gasteiger partial charge in [0.15, 0.2) is 0 Å². The van der Waals surface area contributed by atoms with Crippen molar-refractivity contribution in [1.29, 1.82) is 0 Å². The molecule has 28 heavy (non-hydrogen) atoms. The molecule has 7 nitrogen and oxygen atoms in total. The zero-order valence-corrected chi connectivity index (χ0v) is 17.2. The Bertz CT molecular complexity index is 768. The third-order valence-corrected chi connectivity index (χ3v) is 6.73. The number of thioether (sulfide) groups is 1. The lowest BCUT2D eigenvalue weighted by molar-refractivity contribution is -0.132. The minimum absolute atomic E-state index is 0.174. The van der Waals surface area contributed by atoms with E-state index >= 15 is 0 Å². The largest absolute Gasteiger partial charge is 0.339 e. The molecule has 1 aromatic carbocycles. The number of carbonyl (C=O) groups is 1. The molecule has 1 aliphatic carbocycles. The molecular formula is C20H28N6OS. The fourth-order valence-corrected chi connectivity index (χ4v) is 5.02. The molecule has 0 spiro atoms. The van der Waals surface area contributed by atoms with Crippen molar-refractivity contribution in [3.63, 3.8) is 0 Å². The number of hydrogen-bond donors (Lipinski definition) is 0. The van der Waals surface area contributed by atoms with Gasteiger partial charge in [0, 0.05) is 32.7 Å². The topological polar surface area (TPSA) is 67.2 Å². The predicted octanol–water partition coefficient (Wildman–Crippen LogP) is 2.61. The van der Waals surface area contributed by atoms with Crippen LogP contribution in [-0.4, -0.2) is 67.3 Å². The van der Waals surface area contributed by atoms with Gasteiger partial charge in [0.25, 0.3) is 0 Å². The molecule has 1 saturated heterocycles. The molecule has 1 atom stereocenters. The summed E-state index contributed by atoms with van der Waals surface area (Å²) in [6, 6.07) is 10.9. The predicted molar refractivity (Wildman–Crippen MR) is 109 cm³/mol. The zero-order chi connectivity index (χ0) is 19.3. The second-order valence-corrected chi connectivity index (χ2v) is 9.00. The van der Waals surface area contributed by atoms with E-state index in [2.05, 4.69) is 44.7 Å². The van der Waals surface area contributed by atoms with E-state index in [1.165, 1.54) is 30.2 Å². The highest BCUT2D eigenvalue weighted by atomic mass is 32.2. The number of rotatable bonds is 6. The van der Waals surface area contributed by atoms with Crippen LogP contribution < -0.4 is 0 Å². The minimum atomic E-state index is -0.174. The van der Waals surface area contributed by atoms with Crippen LogP contribution in [0.3, 0.4) is 0 Å². The molecule has 1 aromatic heterocycles. The maximum absolute atomic E-state index is 12.9. The summed E-state index contributed by atoms with van der Waals surface area (Å²) in [6.07, 6.45) is 4.72. The van der Waals surface area contributed by atoms with Crippen molar-refractivity contribution in [2.24, 2.45) is 0 Å². The Balaban J connectivity index is 1.29. The Morgan fingerprint density at radius 3 is 2.57 bits per heavy atom. The summed E-state index contributed by atoms with van der Waals surface area (Å²) in [4.78, 5) is 17.3. The number of hydrogen-bond acceptors (Lipinski definition) is 6. The summed E-state index contributed by atoms with van der Waals surface area (Å²) in [5, 5.41) is 12.8. The lowest BCUT2D eigenvalue weighted by atomic mass is 10.2. The molecule has 2 aromatic rings. The molecular weight excluding hydrogens is 372 g/mol. The summed E-state index contributed by atoms with van der Waals surface area (Å²) >= 11 is 1.49. The van der Waals surface area contributed by atoms with Crippen molar-refractivity contribution in [3.8, 4) is 0 Å². The third kappa shape index (κ3) is 4.55. The molecule has 1 amide bonds. The van der Waals surface area contributed by atoms with Crippen LogP contribution in [0.5, 0.6) is 0 Å². The first-order valence-electron chi connectivity index (χ1n) is 10.2. The lowest BCUT2D eigenvalue weighted by Gasteiger charge is -2.35. The number of piperazine rings is 1. The van der Waals surface area contributed by atoms with Crippen molar-refractivity contribution in [2.75, 3.05) is 26.2 Å². The van der Waals surface area contributed by atoms with Gasteiger partial charge in [0.05, 0.1) is 11.3 Å². The number of benzene rings is 1. The lowest BCUT2D eigenvalue weighted by Crippen LogP contribution is -2.50. The van der Waals surface area contributed by atoms with Gasteiger partial charge in [-0.3, -0.25) is 9.69 Å².